The van der Waals surface area contributed by atoms with Gasteiger partial charge in [-0.05, 0) is 19.1 Å². The largest absolute Gasteiger partial charge is 0.361 e. The summed E-state index contributed by atoms with van der Waals surface area (Å²) in [6.45, 7) is 5.94. The molecule has 6 heteroatoms. The zero-order valence-electron chi connectivity index (χ0n) is 12.7. The van der Waals surface area contributed by atoms with Crippen LogP contribution in [-0.4, -0.2) is 52.0 Å². The first kappa shape index (κ1) is 14.7. The lowest BCUT2D eigenvalue weighted by Gasteiger charge is -2.34. The number of aromatic nitrogens is 2. The lowest BCUT2D eigenvalue weighted by molar-refractivity contribution is -0.132. The topological polar surface area (TPSA) is 62.5 Å². The number of pyridine rings is 1. The van der Waals surface area contributed by atoms with E-state index >= 15 is 0 Å². The zero-order chi connectivity index (χ0) is 15.4. The average Bonchev–Trinajstić information content (AvgIpc) is 2.94. The normalized spacial score (nSPS) is 16.0. The van der Waals surface area contributed by atoms with Gasteiger partial charge in [-0.15, -0.1) is 0 Å². The molecule has 0 unspecified atom stereocenters. The first-order valence-electron chi connectivity index (χ1n) is 7.53. The number of aryl methyl sites for hydroxylation is 1. The molecule has 2 aromatic heterocycles. The summed E-state index contributed by atoms with van der Waals surface area (Å²) in [5.74, 6) is 0.743. The van der Waals surface area contributed by atoms with Crippen molar-refractivity contribution in [1.29, 1.82) is 0 Å². The van der Waals surface area contributed by atoms with Crippen LogP contribution in [0.1, 0.15) is 17.1 Å². The molecule has 6 nitrogen and oxygen atoms in total. The van der Waals surface area contributed by atoms with Gasteiger partial charge in [0.2, 0.25) is 5.91 Å². The second kappa shape index (κ2) is 6.70. The van der Waals surface area contributed by atoms with Gasteiger partial charge in [0.15, 0.2) is 0 Å². The summed E-state index contributed by atoms with van der Waals surface area (Å²) in [7, 11) is 0. The summed E-state index contributed by atoms with van der Waals surface area (Å²) in [6, 6.07) is 7.77. The molecule has 0 radical (unpaired) electrons. The summed E-state index contributed by atoms with van der Waals surface area (Å²) in [5, 5.41) is 3.81. The van der Waals surface area contributed by atoms with Gasteiger partial charge in [0, 0.05) is 45.0 Å². The minimum Gasteiger partial charge on any atom is -0.361 e. The number of amides is 1. The fraction of sp³-hybridized carbons (Fsp3) is 0.438. The SMILES string of the molecule is Cc1cc(CC(=O)N2CCN(Cc3ccccn3)CC2)on1. The molecule has 0 saturated carbocycles. The molecule has 0 atom stereocenters. The van der Waals surface area contributed by atoms with Crippen molar-refractivity contribution in [3.63, 3.8) is 0 Å². The minimum atomic E-state index is 0.105. The fourth-order valence-corrected chi connectivity index (χ4v) is 2.64. The van der Waals surface area contributed by atoms with Gasteiger partial charge in [0.25, 0.3) is 0 Å². The molecule has 1 aliphatic rings. The second-order valence-electron chi connectivity index (χ2n) is 5.59. The van der Waals surface area contributed by atoms with Crippen molar-refractivity contribution in [2.75, 3.05) is 26.2 Å². The van der Waals surface area contributed by atoms with Crippen molar-refractivity contribution in [2.45, 2.75) is 19.9 Å². The third-order valence-corrected chi connectivity index (χ3v) is 3.84. The highest BCUT2D eigenvalue weighted by Gasteiger charge is 2.22. The van der Waals surface area contributed by atoms with Gasteiger partial charge >= 0.3 is 0 Å². The molecule has 1 fully saturated rings. The van der Waals surface area contributed by atoms with Crippen LogP contribution < -0.4 is 0 Å². The summed E-state index contributed by atoms with van der Waals surface area (Å²) < 4.78 is 5.11. The number of nitrogens with zero attached hydrogens (tertiary/aromatic N) is 4. The highest BCUT2D eigenvalue weighted by Crippen LogP contribution is 2.10. The molecule has 1 saturated heterocycles. The van der Waals surface area contributed by atoms with Crippen LogP contribution in [-0.2, 0) is 17.8 Å². The Morgan fingerprint density at radius 1 is 1.27 bits per heavy atom. The van der Waals surface area contributed by atoms with E-state index in [2.05, 4.69) is 15.0 Å². The number of piperazine rings is 1. The molecular weight excluding hydrogens is 280 g/mol. The smallest absolute Gasteiger partial charge is 0.230 e. The van der Waals surface area contributed by atoms with Crippen LogP contribution in [0, 0.1) is 6.92 Å². The first-order chi connectivity index (χ1) is 10.7. The molecular formula is C16H20N4O2. The Morgan fingerprint density at radius 2 is 2.09 bits per heavy atom. The van der Waals surface area contributed by atoms with Crippen LogP contribution in [0.3, 0.4) is 0 Å². The highest BCUT2D eigenvalue weighted by molar-refractivity contribution is 5.78. The number of carbonyl (C=O) groups is 1. The lowest BCUT2D eigenvalue weighted by Crippen LogP contribution is -2.48. The molecule has 0 aliphatic carbocycles. The molecule has 3 heterocycles. The molecule has 0 aromatic carbocycles. The van der Waals surface area contributed by atoms with Gasteiger partial charge in [-0.1, -0.05) is 11.2 Å². The number of hydrogen-bond donors (Lipinski definition) is 0. The van der Waals surface area contributed by atoms with Gasteiger partial charge in [-0.25, -0.2) is 0 Å². The Kier molecular flexibility index (Phi) is 4.48. The van der Waals surface area contributed by atoms with E-state index in [1.54, 1.807) is 0 Å². The van der Waals surface area contributed by atoms with E-state index in [4.69, 9.17) is 4.52 Å². The Bertz CT molecular complexity index is 618. The standard InChI is InChI=1S/C16H20N4O2/c1-13-10-15(22-18-13)11-16(21)20-8-6-19(7-9-20)12-14-4-2-3-5-17-14/h2-5,10H,6-9,11-12H2,1H3. The van der Waals surface area contributed by atoms with Gasteiger partial charge in [0.1, 0.15) is 5.76 Å². The number of carbonyl (C=O) groups excluding carboxylic acids is 1. The summed E-state index contributed by atoms with van der Waals surface area (Å²) in [6.07, 6.45) is 2.11. The predicted octanol–water partition coefficient (Wildman–Crippen LogP) is 1.26. The molecule has 1 aliphatic heterocycles. The number of rotatable bonds is 4. The Hall–Kier alpha value is -2.21. The average molecular weight is 300 g/mol. The van der Waals surface area contributed by atoms with E-state index < -0.39 is 0 Å². The van der Waals surface area contributed by atoms with Gasteiger partial charge in [-0.3, -0.25) is 14.7 Å². The molecule has 2 aromatic rings. The summed E-state index contributed by atoms with van der Waals surface area (Å²) >= 11 is 0. The Labute approximate surface area is 129 Å². The van der Waals surface area contributed by atoms with Crippen molar-refractivity contribution in [1.82, 2.24) is 19.9 Å². The van der Waals surface area contributed by atoms with E-state index in [1.165, 1.54) is 0 Å². The van der Waals surface area contributed by atoms with Crippen LogP contribution in [0.4, 0.5) is 0 Å². The highest BCUT2D eigenvalue weighted by atomic mass is 16.5. The van der Waals surface area contributed by atoms with Crippen molar-refractivity contribution in [2.24, 2.45) is 0 Å². The maximum atomic E-state index is 12.2. The molecule has 0 spiro atoms. The molecule has 3 rings (SSSR count). The van der Waals surface area contributed by atoms with Crippen molar-refractivity contribution < 1.29 is 9.32 Å². The van der Waals surface area contributed by atoms with Crippen molar-refractivity contribution >= 4 is 5.91 Å². The predicted molar refractivity (Wildman–Crippen MR) is 81.0 cm³/mol. The number of hydrogen-bond acceptors (Lipinski definition) is 5. The summed E-state index contributed by atoms with van der Waals surface area (Å²) in [5.41, 5.74) is 1.88. The van der Waals surface area contributed by atoms with Gasteiger partial charge in [0.05, 0.1) is 17.8 Å². The van der Waals surface area contributed by atoms with Crippen LogP contribution in [0.5, 0.6) is 0 Å². The monoisotopic (exact) mass is 300 g/mol. The Balaban J connectivity index is 1.48. The lowest BCUT2D eigenvalue weighted by atomic mass is 10.2. The Morgan fingerprint density at radius 3 is 2.73 bits per heavy atom. The van der Waals surface area contributed by atoms with E-state index in [-0.39, 0.29) is 5.91 Å². The molecule has 22 heavy (non-hydrogen) atoms. The van der Waals surface area contributed by atoms with Crippen molar-refractivity contribution in [3.05, 3.63) is 47.6 Å². The van der Waals surface area contributed by atoms with E-state index in [0.29, 0.717) is 12.2 Å². The van der Waals surface area contributed by atoms with E-state index in [0.717, 1.165) is 44.1 Å². The molecule has 0 N–H and O–H groups in total. The van der Waals surface area contributed by atoms with Crippen molar-refractivity contribution in [3.8, 4) is 0 Å². The summed E-state index contributed by atoms with van der Waals surface area (Å²) in [4.78, 5) is 20.8. The van der Waals surface area contributed by atoms with Crippen LogP contribution in [0.15, 0.2) is 35.0 Å². The molecule has 116 valence electrons. The van der Waals surface area contributed by atoms with E-state index in [1.807, 2.05) is 42.3 Å². The fourth-order valence-electron chi connectivity index (χ4n) is 2.64. The van der Waals surface area contributed by atoms with Gasteiger partial charge in [-0.2, -0.15) is 0 Å². The van der Waals surface area contributed by atoms with Crippen LogP contribution in [0.25, 0.3) is 0 Å². The van der Waals surface area contributed by atoms with E-state index in [9.17, 15) is 4.79 Å². The van der Waals surface area contributed by atoms with Gasteiger partial charge < -0.3 is 9.42 Å². The maximum Gasteiger partial charge on any atom is 0.230 e. The second-order valence-corrected chi connectivity index (χ2v) is 5.59. The molecule has 0 bridgehead atoms. The third kappa shape index (κ3) is 3.71. The first-order valence-corrected chi connectivity index (χ1v) is 7.53. The zero-order valence-corrected chi connectivity index (χ0v) is 12.7. The molecule has 1 amide bonds. The maximum absolute atomic E-state index is 12.2. The third-order valence-electron chi connectivity index (χ3n) is 3.84. The minimum absolute atomic E-state index is 0.105. The van der Waals surface area contributed by atoms with Crippen LogP contribution >= 0.6 is 0 Å². The quantitative estimate of drug-likeness (QED) is 0.851. The van der Waals surface area contributed by atoms with Crippen LogP contribution in [0.2, 0.25) is 0 Å².